The van der Waals surface area contributed by atoms with E-state index in [1.54, 1.807) is 12.8 Å². The molecule has 4 aliphatic rings. The summed E-state index contributed by atoms with van der Waals surface area (Å²) < 4.78 is 0. The van der Waals surface area contributed by atoms with Crippen LogP contribution in [-0.2, 0) is 26.2 Å². The molecular weight excluding hydrogens is 628 g/mol. The summed E-state index contributed by atoms with van der Waals surface area (Å²) in [5.74, 6) is 6.00. The fourth-order valence-corrected chi connectivity index (χ4v) is 32.3. The molecule has 4 aliphatic carbocycles. The van der Waals surface area contributed by atoms with Crippen LogP contribution in [0.15, 0.2) is 60.7 Å². The molecule has 0 aromatic heterocycles. The third kappa shape index (κ3) is 7.20. The summed E-state index contributed by atoms with van der Waals surface area (Å²) in [4.78, 5) is 0. The van der Waals surface area contributed by atoms with Gasteiger partial charge in [-0.1, -0.05) is 149 Å². The molecule has 0 spiro atoms. The predicted molar refractivity (Wildman–Crippen MR) is 196 cm³/mol. The van der Waals surface area contributed by atoms with Gasteiger partial charge < -0.3 is 29.7 Å². The SMILES string of the molecule is CCCCC1CCC([Si](C)(c2ccccc2)[Si](C)(c2ccccc2)C2C(C)CC3CC4CCCC4CC32)C1.[CH3-].[CH3-].[CH3-].[CH3-].[Zr+4]. The molecule has 2 aromatic rings. The monoisotopic (exact) mass is 692 g/mol. The van der Waals surface area contributed by atoms with Crippen LogP contribution in [-0.4, -0.2) is 15.2 Å². The Balaban J connectivity index is 0.00000185. The van der Waals surface area contributed by atoms with Crippen LogP contribution in [0.3, 0.4) is 0 Å². The van der Waals surface area contributed by atoms with E-state index in [0.29, 0.717) is 0 Å². The van der Waals surface area contributed by atoms with Crippen LogP contribution < -0.4 is 10.4 Å². The quantitative estimate of drug-likeness (QED) is 0.191. The zero-order chi connectivity index (χ0) is 26.3. The van der Waals surface area contributed by atoms with Gasteiger partial charge in [-0.05, 0) is 72.3 Å². The first kappa shape index (κ1) is 40.8. The molecule has 0 amide bonds. The fraction of sp³-hybridized carbons (Fsp3) is 0.600. The van der Waals surface area contributed by atoms with E-state index in [9.17, 15) is 0 Å². The summed E-state index contributed by atoms with van der Waals surface area (Å²) >= 11 is 0. The number of unbranched alkanes of at least 4 members (excludes halogenated alkanes) is 1. The number of hydrogen-bond acceptors (Lipinski definition) is 0. The van der Waals surface area contributed by atoms with Crippen molar-refractivity contribution in [3.05, 3.63) is 90.4 Å². The van der Waals surface area contributed by atoms with E-state index in [-0.39, 0.29) is 55.9 Å². The first-order chi connectivity index (χ1) is 18.5. The molecule has 0 nitrogen and oxygen atoms in total. The van der Waals surface area contributed by atoms with Crippen LogP contribution in [0.25, 0.3) is 0 Å². The van der Waals surface area contributed by atoms with Gasteiger partial charge in [-0.15, -0.1) is 0 Å². The molecule has 0 bridgehead atoms. The van der Waals surface area contributed by atoms with Gasteiger partial charge in [0.25, 0.3) is 0 Å². The molecule has 0 saturated heterocycles. The van der Waals surface area contributed by atoms with Crippen LogP contribution in [0.4, 0.5) is 0 Å². The van der Waals surface area contributed by atoms with Crippen LogP contribution in [0.5, 0.6) is 0 Å². The molecule has 4 fully saturated rings. The Morgan fingerprint density at radius 2 is 1.21 bits per heavy atom. The Hall–Kier alpha value is -0.243. The van der Waals surface area contributed by atoms with E-state index in [0.717, 1.165) is 46.6 Å². The van der Waals surface area contributed by atoms with E-state index in [1.807, 2.05) is 10.4 Å². The molecule has 0 heterocycles. The number of benzene rings is 2. The van der Waals surface area contributed by atoms with E-state index in [1.165, 1.54) is 64.2 Å². The Morgan fingerprint density at radius 3 is 1.79 bits per heavy atom. The summed E-state index contributed by atoms with van der Waals surface area (Å²) in [5, 5.41) is 3.63. The van der Waals surface area contributed by atoms with E-state index < -0.39 is 15.2 Å². The van der Waals surface area contributed by atoms with Crippen molar-refractivity contribution in [2.45, 2.75) is 115 Å². The van der Waals surface area contributed by atoms with Gasteiger partial charge in [-0.3, -0.25) is 0 Å². The van der Waals surface area contributed by atoms with Crippen LogP contribution >= 0.6 is 0 Å². The van der Waals surface area contributed by atoms with Crippen molar-refractivity contribution in [3.8, 4) is 0 Å². The smallest absolute Gasteiger partial charge is 0.358 e. The maximum Gasteiger partial charge on any atom is 4.00 e. The van der Waals surface area contributed by atoms with E-state index in [2.05, 4.69) is 87.6 Å². The molecule has 3 heteroatoms. The van der Waals surface area contributed by atoms with E-state index in [4.69, 9.17) is 0 Å². The molecule has 43 heavy (non-hydrogen) atoms. The van der Waals surface area contributed by atoms with Crippen molar-refractivity contribution in [2.75, 3.05) is 0 Å². The van der Waals surface area contributed by atoms with Crippen molar-refractivity contribution in [2.24, 2.45) is 35.5 Å². The second-order valence-corrected chi connectivity index (χ2v) is 28.4. The first-order valence-electron chi connectivity index (χ1n) is 16.6. The van der Waals surface area contributed by atoms with Crippen LogP contribution in [0, 0.1) is 65.2 Å². The zero-order valence-corrected chi connectivity index (χ0v) is 33.8. The minimum Gasteiger partial charge on any atom is -0.358 e. The third-order valence-electron chi connectivity index (χ3n) is 13.2. The molecule has 0 N–H and O–H groups in total. The number of fused-ring (bicyclic) bond motifs is 2. The van der Waals surface area contributed by atoms with Crippen LogP contribution in [0.2, 0.25) is 24.2 Å². The topological polar surface area (TPSA) is 0 Å². The molecule has 4 saturated carbocycles. The maximum absolute atomic E-state index is 2.96. The standard InChI is InChI=1S/C36H54Si2.4CH3.Zr/c1-5-6-14-28-21-22-34(24-28)37(3,32-17-9-7-10-18-32)38(4,33-19-11-8-12-20-33)36-27(2)23-31-25-29-15-13-16-30(29)26-35(31)36;;;;;/h7-12,17-20,27-31,34-36H,5-6,13-16,21-26H2,1-4H3;4*1H3;/q;4*-1;+4. The Morgan fingerprint density at radius 1 is 0.651 bits per heavy atom. The molecule has 0 radical (unpaired) electrons. The average molecular weight is 694 g/mol. The van der Waals surface area contributed by atoms with Gasteiger partial charge >= 0.3 is 26.2 Å². The van der Waals surface area contributed by atoms with Gasteiger partial charge in [0.2, 0.25) is 0 Å². The molecule has 10 atom stereocenters. The number of rotatable bonds is 8. The minimum absolute atomic E-state index is 0. The normalized spacial score (nSPS) is 33.4. The van der Waals surface area contributed by atoms with E-state index >= 15 is 0 Å². The minimum atomic E-state index is -1.89. The molecule has 0 aliphatic heterocycles. The molecule has 6 rings (SSSR count). The predicted octanol–water partition coefficient (Wildman–Crippen LogP) is 11.0. The van der Waals surface area contributed by atoms with Crippen molar-refractivity contribution in [1.29, 1.82) is 0 Å². The zero-order valence-electron chi connectivity index (χ0n) is 29.4. The summed E-state index contributed by atoms with van der Waals surface area (Å²) in [6.45, 7) is 11.0. The summed E-state index contributed by atoms with van der Waals surface area (Å²) in [6.07, 6.45) is 18.0. The Bertz CT molecular complexity index is 1060. The van der Waals surface area contributed by atoms with Gasteiger partial charge in [-0.2, -0.15) is 0 Å². The van der Waals surface area contributed by atoms with Crippen molar-refractivity contribution >= 4 is 25.6 Å². The van der Waals surface area contributed by atoms with Crippen LogP contribution in [0.1, 0.15) is 90.9 Å². The average Bonchev–Trinajstić information content (AvgIpc) is 3.69. The van der Waals surface area contributed by atoms with Gasteiger partial charge in [0.1, 0.15) is 0 Å². The van der Waals surface area contributed by atoms with Gasteiger partial charge in [-0.25, -0.2) is 0 Å². The molecule has 10 unspecified atom stereocenters. The second-order valence-electron chi connectivity index (χ2n) is 14.7. The Labute approximate surface area is 291 Å². The summed E-state index contributed by atoms with van der Waals surface area (Å²) in [6, 6.07) is 24.5. The van der Waals surface area contributed by atoms with Crippen molar-refractivity contribution < 1.29 is 26.2 Å². The fourth-order valence-electron chi connectivity index (χ4n) is 11.3. The number of hydrogen-bond donors (Lipinski definition) is 0. The molecular formula is C40H66Si2Zr. The first-order valence-corrected chi connectivity index (χ1v) is 22.7. The van der Waals surface area contributed by atoms with Crippen molar-refractivity contribution in [1.82, 2.24) is 0 Å². The van der Waals surface area contributed by atoms with Crippen molar-refractivity contribution in [3.63, 3.8) is 0 Å². The Kier molecular flexibility index (Phi) is 16.2. The van der Waals surface area contributed by atoms with Gasteiger partial charge in [0.15, 0.2) is 0 Å². The summed E-state index contributed by atoms with van der Waals surface area (Å²) in [7, 11) is -3.74. The largest absolute Gasteiger partial charge is 4.00 e. The second kappa shape index (κ2) is 17.1. The molecule has 2 aromatic carbocycles. The summed E-state index contributed by atoms with van der Waals surface area (Å²) in [5.41, 5.74) is 1.92. The van der Waals surface area contributed by atoms with Gasteiger partial charge in [0, 0.05) is 0 Å². The maximum atomic E-state index is 2.96. The van der Waals surface area contributed by atoms with Gasteiger partial charge in [0.05, 0.1) is 15.2 Å². The third-order valence-corrected chi connectivity index (χ3v) is 33.3. The molecule has 238 valence electrons.